The Kier molecular flexibility index (Phi) is 7.73. The molecule has 0 heterocycles. The highest BCUT2D eigenvalue weighted by Gasteiger charge is 2.13. The molecule has 0 saturated carbocycles. The van der Waals surface area contributed by atoms with E-state index in [0.717, 1.165) is 11.1 Å². The maximum atomic E-state index is 13.0. The third-order valence-electron chi connectivity index (χ3n) is 4.08. The number of methoxy groups -OCH3 is 3. The first-order valence-corrected chi connectivity index (χ1v) is 8.59. The summed E-state index contributed by atoms with van der Waals surface area (Å²) in [6.45, 7) is 1.18. The van der Waals surface area contributed by atoms with Gasteiger partial charge in [-0.1, -0.05) is 12.1 Å². The van der Waals surface area contributed by atoms with Crippen LogP contribution in [0.2, 0.25) is 0 Å². The second-order valence-corrected chi connectivity index (χ2v) is 5.74. The molecule has 0 aliphatic heterocycles. The molecule has 0 bridgehead atoms. The minimum absolute atomic E-state index is 0.247. The van der Waals surface area contributed by atoms with Crippen molar-refractivity contribution in [1.82, 2.24) is 10.6 Å². The smallest absolute Gasteiger partial charge is 0.191 e. The fraction of sp³-hybridized carbons (Fsp3) is 0.350. The number of nitrogens with zero attached hydrogens (tertiary/aromatic N) is 1. The predicted octanol–water partition coefficient (Wildman–Crippen LogP) is 2.76. The molecule has 7 heteroatoms. The van der Waals surface area contributed by atoms with E-state index in [1.54, 1.807) is 40.5 Å². The number of ether oxygens (including phenoxy) is 3. The van der Waals surface area contributed by atoms with Crippen LogP contribution in [0.5, 0.6) is 17.2 Å². The van der Waals surface area contributed by atoms with E-state index < -0.39 is 0 Å². The highest BCUT2D eigenvalue weighted by atomic mass is 19.1. The Morgan fingerprint density at radius 3 is 2.11 bits per heavy atom. The van der Waals surface area contributed by atoms with Crippen LogP contribution < -0.4 is 24.8 Å². The van der Waals surface area contributed by atoms with Gasteiger partial charge in [0.05, 0.1) is 21.3 Å². The molecule has 0 unspecified atom stereocenters. The van der Waals surface area contributed by atoms with Gasteiger partial charge < -0.3 is 24.8 Å². The summed E-state index contributed by atoms with van der Waals surface area (Å²) in [6.07, 6.45) is 0.674. The van der Waals surface area contributed by atoms with Crippen LogP contribution in [0.1, 0.15) is 11.1 Å². The van der Waals surface area contributed by atoms with Crippen LogP contribution in [0.3, 0.4) is 0 Å². The molecule has 6 nitrogen and oxygen atoms in total. The number of rotatable bonds is 8. The lowest BCUT2D eigenvalue weighted by Gasteiger charge is -2.16. The monoisotopic (exact) mass is 375 g/mol. The molecule has 0 aliphatic carbocycles. The lowest BCUT2D eigenvalue weighted by Crippen LogP contribution is -2.37. The zero-order valence-electron chi connectivity index (χ0n) is 16.1. The Balaban J connectivity index is 1.94. The van der Waals surface area contributed by atoms with Crippen LogP contribution >= 0.6 is 0 Å². The van der Waals surface area contributed by atoms with E-state index in [4.69, 9.17) is 14.2 Å². The summed E-state index contributed by atoms with van der Waals surface area (Å²) in [5, 5.41) is 6.45. The Hall–Kier alpha value is -2.96. The third kappa shape index (κ3) is 5.77. The molecule has 0 fully saturated rings. The number of halogens is 1. The number of guanidine groups is 1. The van der Waals surface area contributed by atoms with Crippen molar-refractivity contribution in [1.29, 1.82) is 0 Å². The van der Waals surface area contributed by atoms with Crippen molar-refractivity contribution in [3.63, 3.8) is 0 Å². The van der Waals surface area contributed by atoms with Crippen molar-refractivity contribution in [2.75, 3.05) is 34.9 Å². The zero-order valence-corrected chi connectivity index (χ0v) is 16.1. The number of nitrogens with one attached hydrogen (secondary N) is 2. The van der Waals surface area contributed by atoms with Gasteiger partial charge in [0.15, 0.2) is 5.96 Å². The molecule has 2 rings (SSSR count). The number of aliphatic imine (C=N–C) groups is 1. The topological polar surface area (TPSA) is 64.1 Å². The normalized spacial score (nSPS) is 11.1. The van der Waals surface area contributed by atoms with Crippen molar-refractivity contribution in [2.24, 2.45) is 4.99 Å². The molecule has 0 amide bonds. The van der Waals surface area contributed by atoms with Crippen molar-refractivity contribution in [3.05, 3.63) is 53.3 Å². The molecule has 0 saturated heterocycles. The minimum Gasteiger partial charge on any atom is -0.496 e. The van der Waals surface area contributed by atoms with Crippen molar-refractivity contribution < 1.29 is 18.6 Å². The van der Waals surface area contributed by atoms with E-state index in [-0.39, 0.29) is 5.82 Å². The summed E-state index contributed by atoms with van der Waals surface area (Å²) < 4.78 is 29.2. The molecule has 27 heavy (non-hydrogen) atoms. The van der Waals surface area contributed by atoms with E-state index in [1.165, 1.54) is 12.1 Å². The fourth-order valence-electron chi connectivity index (χ4n) is 2.64. The molecule has 0 aliphatic rings. The highest BCUT2D eigenvalue weighted by molar-refractivity contribution is 5.79. The first-order chi connectivity index (χ1) is 13.1. The van der Waals surface area contributed by atoms with Crippen molar-refractivity contribution in [2.45, 2.75) is 13.0 Å². The van der Waals surface area contributed by atoms with Gasteiger partial charge in [-0.25, -0.2) is 4.39 Å². The molecule has 2 aromatic rings. The van der Waals surface area contributed by atoms with Crippen LogP contribution in [0.25, 0.3) is 0 Å². The van der Waals surface area contributed by atoms with Crippen LogP contribution in [0.4, 0.5) is 4.39 Å². The molecule has 0 atom stereocenters. The molecule has 0 aromatic heterocycles. The molecule has 0 radical (unpaired) electrons. The van der Waals surface area contributed by atoms with Crippen LogP contribution in [-0.4, -0.2) is 40.9 Å². The van der Waals surface area contributed by atoms with Crippen LogP contribution in [0, 0.1) is 5.82 Å². The number of hydrogen-bond acceptors (Lipinski definition) is 4. The van der Waals surface area contributed by atoms with Gasteiger partial charge in [-0.2, -0.15) is 0 Å². The van der Waals surface area contributed by atoms with Gasteiger partial charge in [0.1, 0.15) is 23.1 Å². The number of benzene rings is 2. The maximum Gasteiger partial charge on any atom is 0.191 e. The van der Waals surface area contributed by atoms with Gasteiger partial charge in [0.2, 0.25) is 0 Å². The lowest BCUT2D eigenvalue weighted by molar-refractivity contribution is 0.368. The Bertz CT molecular complexity index is 739. The molecular weight excluding hydrogens is 349 g/mol. The fourth-order valence-corrected chi connectivity index (χ4v) is 2.64. The standard InChI is InChI=1S/C20H26FN3O3/c1-22-20(24-13-14-5-7-15(21)8-6-14)23-10-9-17-18(26-3)11-16(25-2)12-19(17)27-4/h5-8,11-12H,9-10,13H2,1-4H3,(H2,22,23,24). The van der Waals surface area contributed by atoms with E-state index in [2.05, 4.69) is 15.6 Å². The highest BCUT2D eigenvalue weighted by Crippen LogP contribution is 2.34. The number of hydrogen-bond donors (Lipinski definition) is 2. The zero-order chi connectivity index (χ0) is 19.6. The lowest BCUT2D eigenvalue weighted by atomic mass is 10.1. The minimum atomic E-state index is -0.247. The Morgan fingerprint density at radius 1 is 0.963 bits per heavy atom. The van der Waals surface area contributed by atoms with Crippen LogP contribution in [-0.2, 0) is 13.0 Å². The first kappa shape index (κ1) is 20.4. The summed E-state index contributed by atoms with van der Waals surface area (Å²) in [5.41, 5.74) is 1.92. The molecule has 0 spiro atoms. The van der Waals surface area contributed by atoms with E-state index in [9.17, 15) is 4.39 Å². The maximum absolute atomic E-state index is 13.0. The molecule has 2 N–H and O–H groups in total. The molecular formula is C20H26FN3O3. The SMILES string of the molecule is CN=C(NCCc1c(OC)cc(OC)cc1OC)NCc1ccc(F)cc1. The predicted molar refractivity (Wildman–Crippen MR) is 104 cm³/mol. The van der Waals surface area contributed by atoms with Crippen LogP contribution in [0.15, 0.2) is 41.4 Å². The second kappa shape index (κ2) is 10.3. The van der Waals surface area contributed by atoms with E-state index >= 15 is 0 Å². The molecule has 2 aromatic carbocycles. The summed E-state index contributed by atoms with van der Waals surface area (Å²) in [6, 6.07) is 10.0. The van der Waals surface area contributed by atoms with Crippen molar-refractivity contribution >= 4 is 5.96 Å². The van der Waals surface area contributed by atoms with E-state index in [0.29, 0.717) is 42.7 Å². The van der Waals surface area contributed by atoms with Gasteiger partial charge in [-0.3, -0.25) is 4.99 Å². The summed E-state index contributed by atoms with van der Waals surface area (Å²) in [7, 11) is 6.55. The molecule has 146 valence electrons. The quantitative estimate of drug-likeness (QED) is 0.549. The summed E-state index contributed by atoms with van der Waals surface area (Å²) in [4.78, 5) is 4.20. The van der Waals surface area contributed by atoms with E-state index in [1.807, 2.05) is 12.1 Å². The second-order valence-electron chi connectivity index (χ2n) is 5.74. The third-order valence-corrected chi connectivity index (χ3v) is 4.08. The Labute approximate surface area is 159 Å². The summed E-state index contributed by atoms with van der Waals surface area (Å²) >= 11 is 0. The van der Waals surface area contributed by atoms with Crippen molar-refractivity contribution in [3.8, 4) is 17.2 Å². The first-order valence-electron chi connectivity index (χ1n) is 8.59. The largest absolute Gasteiger partial charge is 0.496 e. The van der Waals surface area contributed by atoms with Gasteiger partial charge in [-0.15, -0.1) is 0 Å². The summed E-state index contributed by atoms with van der Waals surface area (Å²) in [5.74, 6) is 2.51. The Morgan fingerprint density at radius 2 is 1.59 bits per heavy atom. The van der Waals surface area contributed by atoms with Gasteiger partial charge >= 0.3 is 0 Å². The van der Waals surface area contributed by atoms with Gasteiger partial charge in [-0.05, 0) is 24.1 Å². The average molecular weight is 375 g/mol. The average Bonchev–Trinajstić information content (AvgIpc) is 2.71. The van der Waals surface area contributed by atoms with Gasteiger partial charge in [0, 0.05) is 37.8 Å². The van der Waals surface area contributed by atoms with Gasteiger partial charge in [0.25, 0.3) is 0 Å².